The molecule has 23 heavy (non-hydrogen) atoms. The van der Waals surface area contributed by atoms with Crippen LogP contribution in [0.2, 0.25) is 0 Å². The lowest BCUT2D eigenvalue weighted by Gasteiger charge is -2.30. The van der Waals surface area contributed by atoms with Crippen LogP contribution in [0.25, 0.3) is 0 Å². The van der Waals surface area contributed by atoms with E-state index in [-0.39, 0.29) is 30.9 Å². The molecule has 0 spiro atoms. The molecule has 1 unspecified atom stereocenters. The molecule has 1 atom stereocenters. The smallest absolute Gasteiger partial charge is 0.323 e. The summed E-state index contributed by atoms with van der Waals surface area (Å²) in [6, 6.07) is 5.51. The number of ether oxygens (including phenoxy) is 2. The van der Waals surface area contributed by atoms with Gasteiger partial charge in [-0.05, 0) is 36.1 Å². The van der Waals surface area contributed by atoms with Gasteiger partial charge < -0.3 is 19.5 Å². The topological polar surface area (TPSA) is 76.1 Å². The van der Waals surface area contributed by atoms with E-state index in [1.54, 1.807) is 7.11 Å². The van der Waals surface area contributed by atoms with E-state index < -0.39 is 5.97 Å². The summed E-state index contributed by atoms with van der Waals surface area (Å²) in [6.07, 6.45) is 0.527. The minimum Gasteiger partial charge on any atom is -0.497 e. The largest absolute Gasteiger partial charge is 0.497 e. The summed E-state index contributed by atoms with van der Waals surface area (Å²) in [5, 5.41) is 9.03. The molecule has 1 aliphatic heterocycles. The van der Waals surface area contributed by atoms with Crippen molar-refractivity contribution in [2.75, 3.05) is 26.8 Å². The molecule has 6 nitrogen and oxygen atoms in total. The van der Waals surface area contributed by atoms with Gasteiger partial charge in [0.15, 0.2) is 0 Å². The maximum atomic E-state index is 12.7. The van der Waals surface area contributed by atoms with E-state index in [2.05, 4.69) is 0 Å². The highest BCUT2D eigenvalue weighted by Gasteiger charge is 2.31. The minimum absolute atomic E-state index is 0.172. The van der Waals surface area contributed by atoms with Gasteiger partial charge in [-0.2, -0.15) is 0 Å². The first-order valence-electron chi connectivity index (χ1n) is 7.71. The summed E-state index contributed by atoms with van der Waals surface area (Å²) >= 11 is 0. The van der Waals surface area contributed by atoms with Crippen LogP contribution in [-0.2, 0) is 16.0 Å². The van der Waals surface area contributed by atoms with Gasteiger partial charge in [-0.3, -0.25) is 9.59 Å². The molecule has 1 aromatic rings. The molecule has 1 aliphatic rings. The third-order valence-corrected chi connectivity index (χ3v) is 3.75. The lowest BCUT2D eigenvalue weighted by molar-refractivity contribution is -0.147. The van der Waals surface area contributed by atoms with Gasteiger partial charge in [0.2, 0.25) is 5.91 Å². The number of methoxy groups -OCH3 is 1. The van der Waals surface area contributed by atoms with Gasteiger partial charge in [-0.1, -0.05) is 13.8 Å². The zero-order valence-corrected chi connectivity index (χ0v) is 13.7. The highest BCUT2D eigenvalue weighted by molar-refractivity contribution is 5.83. The first kappa shape index (κ1) is 17.1. The molecular weight excluding hydrogens is 298 g/mol. The number of benzene rings is 1. The Morgan fingerprint density at radius 1 is 1.43 bits per heavy atom. The Bertz CT molecular complexity index is 584. The molecule has 0 aliphatic carbocycles. The maximum Gasteiger partial charge on any atom is 0.323 e. The van der Waals surface area contributed by atoms with Crippen molar-refractivity contribution in [3.63, 3.8) is 0 Å². The molecule has 2 rings (SSSR count). The summed E-state index contributed by atoms with van der Waals surface area (Å²) in [6.45, 7) is 4.33. The molecule has 0 aromatic heterocycles. The van der Waals surface area contributed by atoms with Crippen LogP contribution in [0.1, 0.15) is 19.4 Å². The second-order valence-corrected chi connectivity index (χ2v) is 6.19. The number of hydrogen-bond acceptors (Lipinski definition) is 4. The van der Waals surface area contributed by atoms with E-state index in [0.717, 1.165) is 11.3 Å². The third-order valence-electron chi connectivity index (χ3n) is 3.75. The van der Waals surface area contributed by atoms with Crippen LogP contribution in [0.4, 0.5) is 0 Å². The molecule has 126 valence electrons. The van der Waals surface area contributed by atoms with Crippen molar-refractivity contribution < 1.29 is 24.2 Å². The van der Waals surface area contributed by atoms with Crippen molar-refractivity contribution in [1.82, 2.24) is 4.90 Å². The second kappa shape index (κ2) is 7.35. The third kappa shape index (κ3) is 4.37. The molecule has 1 amide bonds. The van der Waals surface area contributed by atoms with Crippen LogP contribution in [0.3, 0.4) is 0 Å². The fraction of sp³-hybridized carbons (Fsp3) is 0.529. The standard InChI is InChI=1S/C17H23NO5/c1-11(2)8-18(9-16(19)20)17(21)13-6-12-7-14(22-3)4-5-15(12)23-10-13/h4-5,7,11,13H,6,8-10H2,1-3H3,(H,19,20). The van der Waals surface area contributed by atoms with Gasteiger partial charge in [-0.15, -0.1) is 0 Å². The normalized spacial score (nSPS) is 16.4. The highest BCUT2D eigenvalue weighted by Crippen LogP contribution is 2.31. The summed E-state index contributed by atoms with van der Waals surface area (Å²) in [5.74, 6) is 0.128. The number of carbonyl (C=O) groups is 2. The van der Waals surface area contributed by atoms with Crippen LogP contribution < -0.4 is 9.47 Å². The van der Waals surface area contributed by atoms with Crippen molar-refractivity contribution in [2.45, 2.75) is 20.3 Å². The lowest BCUT2D eigenvalue weighted by atomic mass is 9.95. The Morgan fingerprint density at radius 3 is 2.78 bits per heavy atom. The molecule has 0 bridgehead atoms. The number of carboxylic acids is 1. The monoisotopic (exact) mass is 321 g/mol. The fourth-order valence-electron chi connectivity index (χ4n) is 2.75. The zero-order valence-electron chi connectivity index (χ0n) is 13.7. The molecule has 1 aromatic carbocycles. The van der Waals surface area contributed by atoms with E-state index in [4.69, 9.17) is 14.6 Å². The first-order valence-corrected chi connectivity index (χ1v) is 7.71. The molecular formula is C17H23NO5. The van der Waals surface area contributed by atoms with Gasteiger partial charge in [-0.25, -0.2) is 0 Å². The number of amides is 1. The number of nitrogens with zero attached hydrogens (tertiary/aromatic N) is 1. The van der Waals surface area contributed by atoms with Crippen molar-refractivity contribution in [2.24, 2.45) is 11.8 Å². The minimum atomic E-state index is -1.00. The Labute approximate surface area is 136 Å². The van der Waals surface area contributed by atoms with Gasteiger partial charge in [0.25, 0.3) is 0 Å². The van der Waals surface area contributed by atoms with Crippen molar-refractivity contribution in [3.05, 3.63) is 23.8 Å². The van der Waals surface area contributed by atoms with Crippen LogP contribution in [-0.4, -0.2) is 48.7 Å². The number of hydrogen-bond donors (Lipinski definition) is 1. The Hall–Kier alpha value is -2.24. The molecule has 0 saturated carbocycles. The van der Waals surface area contributed by atoms with E-state index >= 15 is 0 Å². The predicted octanol–water partition coefficient (Wildman–Crippen LogP) is 1.82. The summed E-state index contributed by atoms with van der Waals surface area (Å²) in [5.41, 5.74) is 0.911. The average Bonchev–Trinajstić information content (AvgIpc) is 2.51. The van der Waals surface area contributed by atoms with E-state index in [1.807, 2.05) is 32.0 Å². The second-order valence-electron chi connectivity index (χ2n) is 6.19. The SMILES string of the molecule is COc1ccc2c(c1)CC(C(=O)N(CC(=O)O)CC(C)C)CO2. The molecule has 0 fully saturated rings. The van der Waals surface area contributed by atoms with Gasteiger partial charge in [0.05, 0.1) is 13.0 Å². The maximum absolute atomic E-state index is 12.7. The first-order chi connectivity index (χ1) is 10.9. The zero-order chi connectivity index (χ0) is 17.0. The molecule has 1 heterocycles. The van der Waals surface area contributed by atoms with Crippen molar-refractivity contribution in [3.8, 4) is 11.5 Å². The summed E-state index contributed by atoms with van der Waals surface area (Å²) in [7, 11) is 1.59. The molecule has 6 heteroatoms. The molecule has 1 N–H and O–H groups in total. The van der Waals surface area contributed by atoms with E-state index in [9.17, 15) is 9.59 Å². The van der Waals surface area contributed by atoms with Gasteiger partial charge in [0, 0.05) is 6.54 Å². The van der Waals surface area contributed by atoms with E-state index in [1.165, 1.54) is 4.90 Å². The number of carboxylic acid groups (broad SMARTS) is 1. The fourth-order valence-corrected chi connectivity index (χ4v) is 2.75. The average molecular weight is 321 g/mol. The Kier molecular flexibility index (Phi) is 5.47. The number of fused-ring (bicyclic) bond motifs is 1. The number of carbonyl (C=O) groups excluding carboxylic acids is 1. The van der Waals surface area contributed by atoms with Crippen molar-refractivity contribution in [1.29, 1.82) is 0 Å². The quantitative estimate of drug-likeness (QED) is 0.865. The van der Waals surface area contributed by atoms with Gasteiger partial charge >= 0.3 is 5.97 Å². The van der Waals surface area contributed by atoms with Crippen LogP contribution in [0.5, 0.6) is 11.5 Å². The molecule has 0 saturated heterocycles. The summed E-state index contributed by atoms with van der Waals surface area (Å²) in [4.78, 5) is 25.1. The van der Waals surface area contributed by atoms with Crippen LogP contribution in [0.15, 0.2) is 18.2 Å². The van der Waals surface area contributed by atoms with Crippen LogP contribution >= 0.6 is 0 Å². The summed E-state index contributed by atoms with van der Waals surface area (Å²) < 4.78 is 10.9. The number of aliphatic carboxylic acids is 1. The lowest BCUT2D eigenvalue weighted by Crippen LogP contribution is -2.44. The molecule has 0 radical (unpaired) electrons. The van der Waals surface area contributed by atoms with Crippen molar-refractivity contribution >= 4 is 11.9 Å². The highest BCUT2D eigenvalue weighted by atomic mass is 16.5. The number of rotatable bonds is 6. The van der Waals surface area contributed by atoms with Gasteiger partial charge in [0.1, 0.15) is 24.7 Å². The Morgan fingerprint density at radius 2 is 2.17 bits per heavy atom. The predicted molar refractivity (Wildman–Crippen MR) is 84.7 cm³/mol. The van der Waals surface area contributed by atoms with E-state index in [0.29, 0.717) is 18.7 Å². The van der Waals surface area contributed by atoms with Crippen LogP contribution in [0, 0.1) is 11.8 Å². The Balaban J connectivity index is 2.13.